The van der Waals surface area contributed by atoms with Gasteiger partial charge in [0.1, 0.15) is 0 Å². The predicted octanol–water partition coefficient (Wildman–Crippen LogP) is 1.48. The molecule has 3 heteroatoms. The average Bonchev–Trinajstić information content (AvgIpc) is 2.82. The quantitative estimate of drug-likeness (QED) is 0.789. The lowest BCUT2D eigenvalue weighted by Gasteiger charge is -2.55. The zero-order chi connectivity index (χ0) is 12.2. The fourth-order valence-electron chi connectivity index (χ4n) is 4.23. The molecular weight excluding hydrogens is 212 g/mol. The van der Waals surface area contributed by atoms with Crippen molar-refractivity contribution in [3.63, 3.8) is 0 Å². The lowest BCUT2D eigenvalue weighted by molar-refractivity contribution is -0.115. The van der Waals surface area contributed by atoms with E-state index in [1.54, 1.807) is 0 Å². The van der Waals surface area contributed by atoms with Gasteiger partial charge in [-0.05, 0) is 26.8 Å². The van der Waals surface area contributed by atoms with E-state index in [1.807, 2.05) is 0 Å². The second kappa shape index (κ2) is 3.94. The van der Waals surface area contributed by atoms with Crippen LogP contribution in [0.1, 0.15) is 33.6 Å². The van der Waals surface area contributed by atoms with E-state index in [0.29, 0.717) is 23.6 Å². The maximum Gasteiger partial charge on any atom is 0.0685 e. The zero-order valence-corrected chi connectivity index (χ0v) is 11.6. The minimum absolute atomic E-state index is 0.325. The summed E-state index contributed by atoms with van der Waals surface area (Å²) in [6.45, 7) is 9.22. The molecule has 1 aliphatic carbocycles. The summed E-state index contributed by atoms with van der Waals surface area (Å²) < 4.78 is 5.85. The Hall–Kier alpha value is -0.120. The number of hydrogen-bond donors (Lipinski definition) is 1. The van der Waals surface area contributed by atoms with Gasteiger partial charge >= 0.3 is 0 Å². The van der Waals surface area contributed by atoms with Gasteiger partial charge in [0.05, 0.1) is 6.10 Å². The summed E-state index contributed by atoms with van der Waals surface area (Å²) in [7, 11) is 2.24. The van der Waals surface area contributed by atoms with Crippen molar-refractivity contribution in [2.24, 2.45) is 11.3 Å². The van der Waals surface area contributed by atoms with E-state index in [-0.39, 0.29) is 0 Å². The first-order valence-electron chi connectivity index (χ1n) is 7.08. The van der Waals surface area contributed by atoms with Crippen LogP contribution >= 0.6 is 0 Å². The molecule has 2 saturated heterocycles. The second-order valence-electron chi connectivity index (χ2n) is 6.93. The van der Waals surface area contributed by atoms with Crippen molar-refractivity contribution in [3.8, 4) is 0 Å². The summed E-state index contributed by atoms with van der Waals surface area (Å²) in [4.78, 5) is 2.46. The number of nitrogens with one attached hydrogen (secondary N) is 1. The van der Waals surface area contributed by atoms with E-state index in [2.05, 4.69) is 38.0 Å². The van der Waals surface area contributed by atoms with Gasteiger partial charge in [-0.3, -0.25) is 0 Å². The molecule has 1 N–H and O–H groups in total. The smallest absolute Gasteiger partial charge is 0.0685 e. The number of nitrogens with zero attached hydrogens (tertiary/aromatic N) is 1. The molecule has 5 atom stereocenters. The van der Waals surface area contributed by atoms with Crippen molar-refractivity contribution in [1.82, 2.24) is 10.2 Å². The largest absolute Gasteiger partial charge is 0.377 e. The maximum absolute atomic E-state index is 5.85. The molecule has 1 saturated carbocycles. The molecule has 2 heterocycles. The van der Waals surface area contributed by atoms with Gasteiger partial charge < -0.3 is 15.0 Å². The average molecular weight is 238 g/mol. The SMILES string of the molecule is CC1CC(NC2C3CCOC3C2(C)C)CN1C. The van der Waals surface area contributed by atoms with E-state index in [9.17, 15) is 0 Å². The van der Waals surface area contributed by atoms with Gasteiger partial charge in [0.25, 0.3) is 0 Å². The third-order valence-electron chi connectivity index (χ3n) is 5.40. The Balaban J connectivity index is 1.62. The van der Waals surface area contributed by atoms with Crippen LogP contribution in [0.5, 0.6) is 0 Å². The van der Waals surface area contributed by atoms with Crippen LogP contribution in [-0.4, -0.2) is 49.3 Å². The number of hydrogen-bond acceptors (Lipinski definition) is 3. The number of ether oxygens (including phenoxy) is 1. The minimum Gasteiger partial charge on any atom is -0.377 e. The summed E-state index contributed by atoms with van der Waals surface area (Å²) >= 11 is 0. The minimum atomic E-state index is 0.325. The Morgan fingerprint density at radius 2 is 2.12 bits per heavy atom. The van der Waals surface area contributed by atoms with E-state index in [1.165, 1.54) is 19.4 Å². The summed E-state index contributed by atoms with van der Waals surface area (Å²) in [6.07, 6.45) is 3.06. The first-order chi connectivity index (χ1) is 8.00. The molecule has 0 amide bonds. The van der Waals surface area contributed by atoms with Crippen LogP contribution in [0.2, 0.25) is 0 Å². The number of rotatable bonds is 2. The van der Waals surface area contributed by atoms with Gasteiger partial charge in [-0.25, -0.2) is 0 Å². The molecule has 5 unspecified atom stereocenters. The van der Waals surface area contributed by atoms with Crippen LogP contribution < -0.4 is 5.32 Å². The first-order valence-corrected chi connectivity index (χ1v) is 7.08. The maximum atomic E-state index is 5.85. The van der Waals surface area contributed by atoms with Crippen LogP contribution in [0, 0.1) is 11.3 Å². The second-order valence-corrected chi connectivity index (χ2v) is 6.93. The summed E-state index contributed by atoms with van der Waals surface area (Å²) in [5, 5.41) is 3.92. The molecular formula is C14H26N2O. The number of fused-ring (bicyclic) bond motifs is 1. The van der Waals surface area contributed by atoms with E-state index in [4.69, 9.17) is 4.74 Å². The number of likely N-dealkylation sites (N-methyl/N-ethyl adjacent to an activating group) is 1. The fraction of sp³-hybridized carbons (Fsp3) is 1.00. The third-order valence-corrected chi connectivity index (χ3v) is 5.40. The van der Waals surface area contributed by atoms with Crippen LogP contribution in [0.15, 0.2) is 0 Å². The summed E-state index contributed by atoms with van der Waals surface area (Å²) in [6, 6.07) is 2.07. The van der Waals surface area contributed by atoms with Crippen molar-refractivity contribution in [1.29, 1.82) is 0 Å². The highest BCUT2D eigenvalue weighted by molar-refractivity contribution is 5.12. The first kappa shape index (κ1) is 11.9. The molecule has 3 aliphatic rings. The third kappa shape index (κ3) is 1.74. The van der Waals surface area contributed by atoms with Crippen molar-refractivity contribution in [3.05, 3.63) is 0 Å². The predicted molar refractivity (Wildman–Crippen MR) is 69.0 cm³/mol. The van der Waals surface area contributed by atoms with Crippen LogP contribution in [0.4, 0.5) is 0 Å². The molecule has 0 aromatic carbocycles. The Bertz CT molecular complexity index is 295. The standard InChI is InChI=1S/C14H26N2O/c1-9-7-10(8-16(9)4)15-12-11-5-6-17-13(11)14(12,2)3/h9-13,15H,5-8H2,1-4H3. The van der Waals surface area contributed by atoms with Crippen molar-refractivity contribution in [2.75, 3.05) is 20.2 Å². The fourth-order valence-corrected chi connectivity index (χ4v) is 4.23. The highest BCUT2D eigenvalue weighted by Gasteiger charge is 2.59. The molecule has 0 aromatic rings. The van der Waals surface area contributed by atoms with Crippen molar-refractivity contribution < 1.29 is 4.74 Å². The van der Waals surface area contributed by atoms with Gasteiger partial charge in [0.2, 0.25) is 0 Å². The van der Waals surface area contributed by atoms with E-state index >= 15 is 0 Å². The highest BCUT2D eigenvalue weighted by atomic mass is 16.5. The Labute approximate surface area is 105 Å². The van der Waals surface area contributed by atoms with Crippen LogP contribution in [0.25, 0.3) is 0 Å². The van der Waals surface area contributed by atoms with Crippen LogP contribution in [-0.2, 0) is 4.74 Å². The summed E-state index contributed by atoms with van der Waals surface area (Å²) in [5.41, 5.74) is 0.325. The van der Waals surface area contributed by atoms with E-state index < -0.39 is 0 Å². The molecule has 0 radical (unpaired) electrons. The lowest BCUT2D eigenvalue weighted by atomic mass is 9.57. The molecule has 3 fully saturated rings. The zero-order valence-electron chi connectivity index (χ0n) is 11.6. The lowest BCUT2D eigenvalue weighted by Crippen LogP contribution is -2.67. The molecule has 17 heavy (non-hydrogen) atoms. The van der Waals surface area contributed by atoms with E-state index in [0.717, 1.165) is 18.6 Å². The molecule has 3 nitrogen and oxygen atoms in total. The van der Waals surface area contributed by atoms with Gasteiger partial charge in [0, 0.05) is 42.6 Å². The Kier molecular flexibility index (Phi) is 2.77. The Morgan fingerprint density at radius 1 is 1.35 bits per heavy atom. The topological polar surface area (TPSA) is 24.5 Å². The molecule has 2 aliphatic heterocycles. The van der Waals surface area contributed by atoms with Crippen molar-refractivity contribution in [2.45, 2.75) is 57.8 Å². The van der Waals surface area contributed by atoms with Gasteiger partial charge in [-0.1, -0.05) is 13.8 Å². The van der Waals surface area contributed by atoms with Crippen molar-refractivity contribution >= 4 is 0 Å². The number of likely N-dealkylation sites (tertiary alicyclic amines) is 1. The van der Waals surface area contributed by atoms with Gasteiger partial charge in [-0.15, -0.1) is 0 Å². The van der Waals surface area contributed by atoms with Crippen LogP contribution in [0.3, 0.4) is 0 Å². The molecule has 0 bridgehead atoms. The normalized spacial score (nSPS) is 49.1. The Morgan fingerprint density at radius 3 is 2.76 bits per heavy atom. The van der Waals surface area contributed by atoms with Gasteiger partial charge in [-0.2, -0.15) is 0 Å². The van der Waals surface area contributed by atoms with Gasteiger partial charge in [0.15, 0.2) is 0 Å². The highest BCUT2D eigenvalue weighted by Crippen LogP contribution is 2.52. The molecule has 3 rings (SSSR count). The molecule has 0 spiro atoms. The molecule has 0 aromatic heterocycles. The monoisotopic (exact) mass is 238 g/mol. The molecule has 98 valence electrons. The summed E-state index contributed by atoms with van der Waals surface area (Å²) in [5.74, 6) is 0.770.